The Balaban J connectivity index is 1.95. The Morgan fingerprint density at radius 3 is 2.30 bits per heavy atom. The van der Waals surface area contributed by atoms with Gasteiger partial charge >= 0.3 is 12.6 Å². The third kappa shape index (κ3) is 8.13. The van der Waals surface area contributed by atoms with Crippen molar-refractivity contribution >= 4 is 35.2 Å². The first-order valence-corrected chi connectivity index (χ1v) is 9.45. The van der Waals surface area contributed by atoms with Crippen LogP contribution in [0.4, 0.5) is 20.2 Å². The lowest BCUT2D eigenvalue weighted by atomic mass is 10.2. The Morgan fingerprint density at radius 1 is 0.970 bits per heavy atom. The number of benzene rings is 2. The van der Waals surface area contributed by atoms with Gasteiger partial charge in [0.05, 0.1) is 19.9 Å². The summed E-state index contributed by atoms with van der Waals surface area (Å²) in [5.41, 5.74) is 1.17. The van der Waals surface area contributed by atoms with Gasteiger partial charge in [-0.25, -0.2) is 4.79 Å². The van der Waals surface area contributed by atoms with Crippen LogP contribution < -0.4 is 24.8 Å². The first kappa shape index (κ1) is 25.1. The molecule has 2 N–H and O–H groups in total. The number of nitrogens with one attached hydrogen (secondary N) is 2. The number of hydrogen-bond acceptors (Lipinski definition) is 7. The number of methoxy groups -OCH3 is 2. The van der Waals surface area contributed by atoms with Crippen molar-refractivity contribution in [3.05, 3.63) is 48.0 Å². The number of hydrogen-bond donors (Lipinski definition) is 2. The van der Waals surface area contributed by atoms with E-state index >= 15 is 0 Å². The lowest BCUT2D eigenvalue weighted by Crippen LogP contribution is -2.20. The zero-order valence-electron chi connectivity index (χ0n) is 18.0. The summed E-state index contributed by atoms with van der Waals surface area (Å²) in [6, 6.07) is 8.75. The highest BCUT2D eigenvalue weighted by atomic mass is 19.3. The predicted octanol–water partition coefficient (Wildman–Crippen LogP) is 3.46. The van der Waals surface area contributed by atoms with Gasteiger partial charge in [0.1, 0.15) is 5.75 Å². The fourth-order valence-electron chi connectivity index (χ4n) is 2.60. The van der Waals surface area contributed by atoms with E-state index < -0.39 is 25.1 Å². The highest BCUT2D eigenvalue weighted by Crippen LogP contribution is 2.30. The maximum absolute atomic E-state index is 12.4. The highest BCUT2D eigenvalue weighted by Gasteiger charge is 2.12. The third-order valence-electron chi connectivity index (χ3n) is 3.96. The molecule has 0 unspecified atom stereocenters. The van der Waals surface area contributed by atoms with Gasteiger partial charge in [0.15, 0.2) is 18.1 Å². The number of anilines is 2. The minimum Gasteiger partial charge on any atom is -0.495 e. The van der Waals surface area contributed by atoms with Crippen molar-refractivity contribution < 1.29 is 42.1 Å². The summed E-state index contributed by atoms with van der Waals surface area (Å²) in [6.07, 6.45) is 2.42. The van der Waals surface area contributed by atoms with Crippen LogP contribution in [0.3, 0.4) is 0 Å². The van der Waals surface area contributed by atoms with Gasteiger partial charge in [-0.05, 0) is 42.0 Å². The van der Waals surface area contributed by atoms with E-state index in [0.29, 0.717) is 17.0 Å². The normalized spacial score (nSPS) is 10.6. The van der Waals surface area contributed by atoms with Crippen LogP contribution in [0.2, 0.25) is 0 Å². The fourth-order valence-corrected chi connectivity index (χ4v) is 2.60. The standard InChI is InChI=1S/C22H22F2N2O7/c1-13(27)25-15-6-8-17(30-2)16(11-15)26-20(28)12-32-21(29)9-5-14-4-7-18(33-22(23)24)19(10-14)31-3/h4-11,22H,12H2,1-3H3,(H,25,27)(H,26,28)/b9-5+. The molecular weight excluding hydrogens is 442 g/mol. The highest BCUT2D eigenvalue weighted by molar-refractivity contribution is 5.97. The lowest BCUT2D eigenvalue weighted by Gasteiger charge is -2.12. The monoisotopic (exact) mass is 464 g/mol. The number of amides is 2. The van der Waals surface area contributed by atoms with Crippen LogP contribution in [0, 0.1) is 0 Å². The van der Waals surface area contributed by atoms with Crippen LogP contribution in [0.25, 0.3) is 6.08 Å². The van der Waals surface area contributed by atoms with Crippen LogP contribution in [-0.4, -0.2) is 45.2 Å². The molecule has 2 rings (SSSR count). The van der Waals surface area contributed by atoms with Crippen molar-refractivity contribution in [1.82, 2.24) is 0 Å². The molecule has 0 aromatic heterocycles. The van der Waals surface area contributed by atoms with Crippen LogP contribution >= 0.6 is 0 Å². The molecule has 0 saturated carbocycles. The molecule has 0 aliphatic carbocycles. The lowest BCUT2D eigenvalue weighted by molar-refractivity contribution is -0.142. The van der Waals surface area contributed by atoms with E-state index in [0.717, 1.165) is 6.08 Å². The molecule has 33 heavy (non-hydrogen) atoms. The molecule has 0 heterocycles. The molecule has 2 aromatic rings. The topological polar surface area (TPSA) is 112 Å². The molecule has 2 aromatic carbocycles. The Kier molecular flexibility index (Phi) is 9.16. The molecule has 0 bridgehead atoms. The number of ether oxygens (including phenoxy) is 4. The van der Waals surface area contributed by atoms with E-state index in [1.165, 1.54) is 51.5 Å². The molecule has 0 spiro atoms. The molecule has 176 valence electrons. The van der Waals surface area contributed by atoms with Crippen LogP contribution in [-0.2, 0) is 19.1 Å². The summed E-state index contributed by atoms with van der Waals surface area (Å²) in [5.74, 6) is -1.48. The predicted molar refractivity (Wildman–Crippen MR) is 116 cm³/mol. The Hall–Kier alpha value is -4.15. The van der Waals surface area contributed by atoms with E-state index in [2.05, 4.69) is 15.4 Å². The number of carbonyl (C=O) groups is 3. The number of esters is 1. The van der Waals surface area contributed by atoms with Gasteiger partial charge in [-0.15, -0.1) is 0 Å². The van der Waals surface area contributed by atoms with Crippen molar-refractivity contribution in [3.63, 3.8) is 0 Å². The third-order valence-corrected chi connectivity index (χ3v) is 3.96. The summed E-state index contributed by atoms with van der Waals surface area (Å²) in [6.45, 7) is -2.24. The average Bonchev–Trinajstić information content (AvgIpc) is 2.76. The zero-order chi connectivity index (χ0) is 24.4. The molecule has 0 saturated heterocycles. The van der Waals surface area contributed by atoms with Crippen molar-refractivity contribution in [2.24, 2.45) is 0 Å². The largest absolute Gasteiger partial charge is 0.495 e. The van der Waals surface area contributed by atoms with Crippen LogP contribution in [0.1, 0.15) is 12.5 Å². The minimum atomic E-state index is -3.01. The molecule has 0 atom stereocenters. The second kappa shape index (κ2) is 12.0. The summed E-state index contributed by atoms with van der Waals surface area (Å²) in [7, 11) is 2.70. The molecule has 0 aliphatic heterocycles. The molecular formula is C22H22F2N2O7. The Morgan fingerprint density at radius 2 is 1.67 bits per heavy atom. The van der Waals surface area contributed by atoms with Crippen molar-refractivity contribution in [1.29, 1.82) is 0 Å². The molecule has 0 aliphatic rings. The summed E-state index contributed by atoms with van der Waals surface area (Å²) >= 11 is 0. The average molecular weight is 464 g/mol. The number of alkyl halides is 2. The van der Waals surface area contributed by atoms with Crippen molar-refractivity contribution in [2.45, 2.75) is 13.5 Å². The minimum absolute atomic E-state index is 0.0561. The maximum atomic E-state index is 12.4. The van der Waals surface area contributed by atoms with Crippen LogP contribution in [0.15, 0.2) is 42.5 Å². The Labute approximate surface area is 188 Å². The van der Waals surface area contributed by atoms with E-state index in [9.17, 15) is 23.2 Å². The maximum Gasteiger partial charge on any atom is 0.387 e. The Bertz CT molecular complexity index is 1040. The van der Waals surface area contributed by atoms with Gasteiger partial charge < -0.3 is 29.6 Å². The number of halogens is 2. The van der Waals surface area contributed by atoms with Gasteiger partial charge in [0.2, 0.25) is 5.91 Å². The number of carbonyl (C=O) groups excluding carboxylic acids is 3. The van der Waals surface area contributed by atoms with E-state index in [4.69, 9.17) is 14.2 Å². The molecule has 9 nitrogen and oxygen atoms in total. The van der Waals surface area contributed by atoms with E-state index in [-0.39, 0.29) is 23.1 Å². The fraction of sp³-hybridized carbons (Fsp3) is 0.227. The second-order valence-corrected chi connectivity index (χ2v) is 6.37. The molecule has 11 heteroatoms. The van der Waals surface area contributed by atoms with Gasteiger partial charge in [-0.1, -0.05) is 6.07 Å². The second-order valence-electron chi connectivity index (χ2n) is 6.37. The molecule has 0 fully saturated rings. The van der Waals surface area contributed by atoms with Gasteiger partial charge in [-0.2, -0.15) is 8.78 Å². The summed E-state index contributed by atoms with van der Waals surface area (Å²) < 4.78 is 44.1. The molecule has 0 radical (unpaired) electrons. The van der Waals surface area contributed by atoms with Crippen molar-refractivity contribution in [3.8, 4) is 17.2 Å². The number of rotatable bonds is 10. The first-order valence-electron chi connectivity index (χ1n) is 9.45. The van der Waals surface area contributed by atoms with Crippen molar-refractivity contribution in [2.75, 3.05) is 31.5 Å². The SMILES string of the molecule is COc1ccc(NC(C)=O)cc1NC(=O)COC(=O)/C=C/c1ccc(OC(F)F)c(OC)c1. The molecule has 2 amide bonds. The zero-order valence-corrected chi connectivity index (χ0v) is 18.0. The van der Waals surface area contributed by atoms with Gasteiger partial charge in [0, 0.05) is 18.7 Å². The van der Waals surface area contributed by atoms with Gasteiger partial charge in [-0.3, -0.25) is 9.59 Å². The van der Waals surface area contributed by atoms with E-state index in [1.54, 1.807) is 12.1 Å². The first-order chi connectivity index (χ1) is 15.7. The van der Waals surface area contributed by atoms with E-state index in [1.807, 2.05) is 0 Å². The smallest absolute Gasteiger partial charge is 0.387 e. The quantitative estimate of drug-likeness (QED) is 0.409. The van der Waals surface area contributed by atoms with Gasteiger partial charge in [0.25, 0.3) is 5.91 Å². The summed E-state index contributed by atoms with van der Waals surface area (Å²) in [4.78, 5) is 35.3. The van der Waals surface area contributed by atoms with Crippen LogP contribution in [0.5, 0.6) is 17.2 Å². The summed E-state index contributed by atoms with van der Waals surface area (Å²) in [5, 5.41) is 5.11.